The minimum atomic E-state index is -0.573. The van der Waals surface area contributed by atoms with Gasteiger partial charge in [-0.25, -0.2) is 4.79 Å². The van der Waals surface area contributed by atoms with E-state index in [9.17, 15) is 14.4 Å². The number of carbonyl (C=O) groups is 3. The molecule has 3 aliphatic rings. The lowest BCUT2D eigenvalue weighted by atomic mass is 9.87. The van der Waals surface area contributed by atoms with E-state index in [1.54, 1.807) is 23.9 Å². The molecular weight excluding hydrogens is 372 g/mol. The van der Waals surface area contributed by atoms with Crippen LogP contribution in [0.2, 0.25) is 0 Å². The van der Waals surface area contributed by atoms with Gasteiger partial charge in [0.05, 0.1) is 18.0 Å². The number of ether oxygens (including phenoxy) is 1. The topological polar surface area (TPSA) is 82.2 Å². The van der Waals surface area contributed by atoms with Crippen molar-refractivity contribution in [2.45, 2.75) is 31.3 Å². The normalized spacial score (nSPS) is 23.1. The quantitative estimate of drug-likeness (QED) is 0.779. The molecule has 2 saturated heterocycles. The Kier molecular flexibility index (Phi) is 5.10. The monoisotopic (exact) mass is 400 g/mol. The smallest absolute Gasteiger partial charge is 0.319 e. The Labute approximate surface area is 170 Å². The third kappa shape index (κ3) is 3.88. The minimum Gasteiger partial charge on any atom is -0.484 e. The maximum atomic E-state index is 13.0. The van der Waals surface area contributed by atoms with E-state index in [0.29, 0.717) is 56.9 Å². The molecule has 1 aromatic carbocycles. The summed E-state index contributed by atoms with van der Waals surface area (Å²) in [5, 5.41) is 2.91. The molecule has 2 fully saturated rings. The van der Waals surface area contributed by atoms with Gasteiger partial charge >= 0.3 is 6.03 Å². The Morgan fingerprint density at radius 1 is 1.14 bits per heavy atom. The number of fused-ring (bicyclic) bond motifs is 1. The number of urea groups is 1. The van der Waals surface area contributed by atoms with Crippen molar-refractivity contribution in [1.29, 1.82) is 0 Å². The molecule has 8 nitrogen and oxygen atoms in total. The average molecular weight is 400 g/mol. The van der Waals surface area contributed by atoms with E-state index in [1.165, 1.54) is 0 Å². The zero-order chi connectivity index (χ0) is 20.6. The van der Waals surface area contributed by atoms with Gasteiger partial charge in [0.2, 0.25) is 11.8 Å². The third-order valence-electron chi connectivity index (χ3n) is 6.15. The lowest BCUT2D eigenvalue weighted by Gasteiger charge is -2.41. The van der Waals surface area contributed by atoms with E-state index < -0.39 is 5.60 Å². The number of benzene rings is 1. The number of anilines is 1. The molecule has 3 aliphatic heterocycles. The van der Waals surface area contributed by atoms with Crippen LogP contribution >= 0.6 is 0 Å². The van der Waals surface area contributed by atoms with Gasteiger partial charge in [0.1, 0.15) is 11.4 Å². The number of rotatable bonds is 1. The Bertz CT molecular complexity index is 817. The van der Waals surface area contributed by atoms with Gasteiger partial charge in [-0.15, -0.1) is 0 Å². The molecule has 0 aromatic heterocycles. The summed E-state index contributed by atoms with van der Waals surface area (Å²) in [5.74, 6) is 0.592. The van der Waals surface area contributed by atoms with Crippen molar-refractivity contribution in [3.63, 3.8) is 0 Å². The summed E-state index contributed by atoms with van der Waals surface area (Å²) in [7, 11) is 3.45. The highest BCUT2D eigenvalue weighted by atomic mass is 16.5. The van der Waals surface area contributed by atoms with Crippen LogP contribution in [0.1, 0.15) is 25.7 Å². The molecule has 3 heterocycles. The first-order chi connectivity index (χ1) is 13.9. The Balaban J connectivity index is 1.39. The molecule has 0 aliphatic carbocycles. The molecule has 1 spiro atoms. The molecule has 29 heavy (non-hydrogen) atoms. The molecular formula is C21H28N4O4. The second-order valence-corrected chi connectivity index (χ2v) is 8.44. The fourth-order valence-electron chi connectivity index (χ4n) is 4.51. The van der Waals surface area contributed by atoms with Crippen LogP contribution in [0, 0.1) is 5.92 Å². The number of hydrogen-bond donors (Lipinski definition) is 1. The first-order valence-corrected chi connectivity index (χ1v) is 10.2. The van der Waals surface area contributed by atoms with Crippen LogP contribution in [0.15, 0.2) is 24.3 Å². The Hall–Kier alpha value is -2.77. The van der Waals surface area contributed by atoms with Gasteiger partial charge in [-0.1, -0.05) is 12.1 Å². The molecule has 156 valence electrons. The number of amides is 4. The number of likely N-dealkylation sites (tertiary alicyclic amines) is 2. The minimum absolute atomic E-state index is 0.0468. The fourth-order valence-corrected chi connectivity index (χ4v) is 4.51. The van der Waals surface area contributed by atoms with Crippen molar-refractivity contribution in [2.75, 3.05) is 45.6 Å². The first kappa shape index (κ1) is 19.5. The number of nitrogens with zero attached hydrogens (tertiary/aromatic N) is 3. The maximum Gasteiger partial charge on any atom is 0.319 e. The number of carbonyl (C=O) groups excluding carboxylic acids is 3. The molecule has 1 unspecified atom stereocenters. The highest BCUT2D eigenvalue weighted by Crippen LogP contribution is 2.38. The van der Waals surface area contributed by atoms with Crippen molar-refractivity contribution in [3.05, 3.63) is 24.3 Å². The van der Waals surface area contributed by atoms with E-state index >= 15 is 0 Å². The van der Waals surface area contributed by atoms with E-state index in [4.69, 9.17) is 4.74 Å². The second-order valence-electron chi connectivity index (χ2n) is 8.44. The number of para-hydroxylation sites is 2. The molecule has 0 radical (unpaired) electrons. The van der Waals surface area contributed by atoms with Gasteiger partial charge < -0.3 is 24.8 Å². The molecule has 1 aromatic rings. The summed E-state index contributed by atoms with van der Waals surface area (Å²) in [5.41, 5.74) is 0.125. The van der Waals surface area contributed by atoms with Crippen LogP contribution < -0.4 is 10.1 Å². The lowest BCUT2D eigenvalue weighted by Crippen LogP contribution is -2.52. The Morgan fingerprint density at radius 2 is 1.86 bits per heavy atom. The Morgan fingerprint density at radius 3 is 2.59 bits per heavy atom. The standard InChI is InChI=1S/C21H28N4O4/c1-23(2)20(28)25-10-7-15(14-25)19(27)24-11-8-21(9-12-24)13-18(26)22-16-5-3-4-6-17(16)29-21/h3-6,15H,7-14H2,1-2H3,(H,22,26). The average Bonchev–Trinajstić information content (AvgIpc) is 3.13. The summed E-state index contributed by atoms with van der Waals surface area (Å²) in [6, 6.07) is 7.42. The van der Waals surface area contributed by atoms with Crippen molar-refractivity contribution >= 4 is 23.5 Å². The van der Waals surface area contributed by atoms with Gasteiger partial charge in [0, 0.05) is 53.1 Å². The van der Waals surface area contributed by atoms with Crippen LogP contribution in [0.4, 0.5) is 10.5 Å². The highest BCUT2D eigenvalue weighted by molar-refractivity contribution is 5.93. The SMILES string of the molecule is CN(C)C(=O)N1CCC(C(=O)N2CCC3(CC2)CC(=O)Nc2ccccc2O3)C1. The van der Waals surface area contributed by atoms with Gasteiger partial charge in [0.25, 0.3) is 0 Å². The lowest BCUT2D eigenvalue weighted by molar-refractivity contribution is -0.139. The zero-order valence-electron chi connectivity index (χ0n) is 17.0. The highest BCUT2D eigenvalue weighted by Gasteiger charge is 2.43. The van der Waals surface area contributed by atoms with Crippen LogP contribution in [0.3, 0.4) is 0 Å². The molecule has 1 N–H and O–H groups in total. The molecule has 1 atom stereocenters. The van der Waals surface area contributed by atoms with Crippen LogP contribution in [-0.4, -0.2) is 78.4 Å². The maximum absolute atomic E-state index is 13.0. The van der Waals surface area contributed by atoms with E-state index in [1.807, 2.05) is 29.2 Å². The summed E-state index contributed by atoms with van der Waals surface area (Å²) < 4.78 is 6.30. The second kappa shape index (κ2) is 7.57. The molecule has 4 amide bonds. The summed E-state index contributed by atoms with van der Waals surface area (Å²) in [6.45, 7) is 2.22. The van der Waals surface area contributed by atoms with Gasteiger partial charge in [0.15, 0.2) is 0 Å². The van der Waals surface area contributed by atoms with Crippen molar-refractivity contribution in [2.24, 2.45) is 5.92 Å². The first-order valence-electron chi connectivity index (χ1n) is 10.2. The van der Waals surface area contributed by atoms with E-state index in [2.05, 4.69) is 5.32 Å². The van der Waals surface area contributed by atoms with Gasteiger partial charge in [-0.3, -0.25) is 9.59 Å². The summed E-state index contributed by atoms with van der Waals surface area (Å²) >= 11 is 0. The zero-order valence-corrected chi connectivity index (χ0v) is 17.0. The van der Waals surface area contributed by atoms with Crippen molar-refractivity contribution in [1.82, 2.24) is 14.7 Å². The van der Waals surface area contributed by atoms with E-state index in [-0.39, 0.29) is 30.2 Å². The number of nitrogens with one attached hydrogen (secondary N) is 1. The fraction of sp³-hybridized carbons (Fsp3) is 0.571. The van der Waals surface area contributed by atoms with E-state index in [0.717, 1.165) is 0 Å². The molecule has 0 bridgehead atoms. The van der Waals surface area contributed by atoms with Crippen molar-refractivity contribution in [3.8, 4) is 5.75 Å². The van der Waals surface area contributed by atoms with Gasteiger partial charge in [-0.2, -0.15) is 0 Å². The predicted molar refractivity (Wildman–Crippen MR) is 108 cm³/mol. The summed E-state index contributed by atoms with van der Waals surface area (Å²) in [4.78, 5) is 42.7. The number of piperidine rings is 1. The van der Waals surface area contributed by atoms with Crippen molar-refractivity contribution < 1.29 is 19.1 Å². The van der Waals surface area contributed by atoms with Crippen LogP contribution in [-0.2, 0) is 9.59 Å². The van der Waals surface area contributed by atoms with Crippen LogP contribution in [0.5, 0.6) is 5.75 Å². The molecule has 0 saturated carbocycles. The van der Waals surface area contributed by atoms with Crippen LogP contribution in [0.25, 0.3) is 0 Å². The largest absolute Gasteiger partial charge is 0.484 e. The van der Waals surface area contributed by atoms with Gasteiger partial charge in [-0.05, 0) is 18.6 Å². The third-order valence-corrected chi connectivity index (χ3v) is 6.15. The molecule has 8 heteroatoms. The molecule has 4 rings (SSSR count). The number of hydrogen-bond acceptors (Lipinski definition) is 4. The summed E-state index contributed by atoms with van der Waals surface area (Å²) in [6.07, 6.45) is 2.23. The predicted octanol–water partition coefficient (Wildman–Crippen LogP) is 1.77.